The molecule has 0 aliphatic rings. The number of carbonyl (C=O) groups is 1. The molecule has 0 bridgehead atoms. The fourth-order valence-electron chi connectivity index (χ4n) is 2.11. The number of allylic oxidation sites excluding steroid dienone is 1. The van der Waals surface area contributed by atoms with Crippen LogP contribution in [0.2, 0.25) is 5.02 Å². The van der Waals surface area contributed by atoms with E-state index >= 15 is 0 Å². The molecule has 0 saturated carbocycles. The fraction of sp³-hybridized carbons (Fsp3) is 0.211. The van der Waals surface area contributed by atoms with Crippen molar-refractivity contribution in [1.29, 1.82) is 0 Å². The molecule has 0 unspecified atom stereocenters. The van der Waals surface area contributed by atoms with Crippen LogP contribution in [0.1, 0.15) is 15.9 Å². The first-order valence-electron chi connectivity index (χ1n) is 7.95. The van der Waals surface area contributed by atoms with Crippen molar-refractivity contribution in [2.45, 2.75) is 12.4 Å². The molecule has 2 rings (SSSR count). The molecule has 0 radical (unpaired) electrons. The summed E-state index contributed by atoms with van der Waals surface area (Å²) in [6.45, 7) is -3.30. The monoisotopic (exact) mass is 438 g/mol. The summed E-state index contributed by atoms with van der Waals surface area (Å²) in [4.78, 5) is 12.5. The summed E-state index contributed by atoms with van der Waals surface area (Å²) in [5.74, 6) is -1.61. The predicted molar refractivity (Wildman–Crippen MR) is 94.4 cm³/mol. The van der Waals surface area contributed by atoms with E-state index in [-0.39, 0.29) is 5.75 Å². The highest BCUT2D eigenvalue weighted by atomic mass is 35.5. The van der Waals surface area contributed by atoms with Gasteiger partial charge < -0.3 is 9.47 Å². The lowest BCUT2D eigenvalue weighted by molar-refractivity contribution is -0.154. The van der Waals surface area contributed by atoms with E-state index in [0.717, 1.165) is 24.3 Å². The third kappa shape index (κ3) is 7.69. The highest BCUT2D eigenvalue weighted by Gasteiger charge is 2.30. The molecule has 0 aliphatic carbocycles. The van der Waals surface area contributed by atoms with Crippen molar-refractivity contribution in [2.24, 2.45) is 0 Å². The second kappa shape index (κ2) is 9.21. The molecule has 0 spiro atoms. The number of hydrogen-bond donors (Lipinski definition) is 0. The molecule has 0 heterocycles. The van der Waals surface area contributed by atoms with Crippen LogP contribution in [0.4, 0.5) is 26.3 Å². The summed E-state index contributed by atoms with van der Waals surface area (Å²) < 4.78 is 83.4. The van der Waals surface area contributed by atoms with Gasteiger partial charge >= 0.3 is 12.4 Å². The van der Waals surface area contributed by atoms with Gasteiger partial charge in [0.2, 0.25) is 0 Å². The van der Waals surface area contributed by atoms with Gasteiger partial charge in [-0.1, -0.05) is 29.8 Å². The summed E-state index contributed by atoms with van der Waals surface area (Å²) in [6, 6.07) is 9.27. The van der Waals surface area contributed by atoms with Gasteiger partial charge in [-0.25, -0.2) is 0 Å². The molecule has 0 amide bonds. The highest BCUT2D eigenvalue weighted by molar-refractivity contribution is 6.32. The first-order valence-corrected chi connectivity index (χ1v) is 8.32. The van der Waals surface area contributed by atoms with Gasteiger partial charge in [0.05, 0.1) is 5.56 Å². The van der Waals surface area contributed by atoms with Crippen molar-refractivity contribution in [1.82, 2.24) is 0 Å². The van der Waals surface area contributed by atoms with Gasteiger partial charge in [0.1, 0.15) is 11.5 Å². The first kappa shape index (κ1) is 22.6. The molecule has 0 aliphatic heterocycles. The number of halogens is 7. The predicted octanol–water partition coefficient (Wildman–Crippen LogP) is 6.12. The van der Waals surface area contributed by atoms with Gasteiger partial charge in [-0.15, -0.1) is 0 Å². The molecule has 0 fully saturated rings. The van der Waals surface area contributed by atoms with Gasteiger partial charge in [0, 0.05) is 5.02 Å². The number of rotatable bonds is 7. The SMILES string of the molecule is O=C(/C=C/c1ccccc1Cl)c1cc(OCC(F)(F)F)ccc1OCC(F)(F)F. The summed E-state index contributed by atoms with van der Waals surface area (Å²) in [6.07, 6.45) is -6.95. The van der Waals surface area contributed by atoms with Gasteiger partial charge in [-0.3, -0.25) is 4.79 Å². The van der Waals surface area contributed by atoms with Crippen LogP contribution >= 0.6 is 11.6 Å². The van der Waals surface area contributed by atoms with E-state index in [2.05, 4.69) is 9.47 Å². The number of benzene rings is 2. The smallest absolute Gasteiger partial charge is 0.422 e. The minimum Gasteiger partial charge on any atom is -0.484 e. The normalized spacial score (nSPS) is 12.2. The lowest BCUT2D eigenvalue weighted by Gasteiger charge is -2.14. The lowest BCUT2D eigenvalue weighted by atomic mass is 10.1. The number of ketones is 1. The van der Waals surface area contributed by atoms with E-state index in [4.69, 9.17) is 11.6 Å². The van der Waals surface area contributed by atoms with Crippen molar-refractivity contribution in [3.63, 3.8) is 0 Å². The highest BCUT2D eigenvalue weighted by Crippen LogP contribution is 2.29. The molecular weight excluding hydrogens is 426 g/mol. The Balaban J connectivity index is 2.30. The second-order valence-corrected chi connectivity index (χ2v) is 6.09. The number of hydrogen-bond acceptors (Lipinski definition) is 3. The molecular formula is C19H13ClF6O3. The van der Waals surface area contributed by atoms with E-state index in [1.165, 1.54) is 6.08 Å². The Morgan fingerprint density at radius 3 is 2.17 bits per heavy atom. The van der Waals surface area contributed by atoms with Crippen molar-refractivity contribution in [3.8, 4) is 11.5 Å². The van der Waals surface area contributed by atoms with Gasteiger partial charge in [-0.2, -0.15) is 26.3 Å². The summed E-state index contributed by atoms with van der Waals surface area (Å²) in [7, 11) is 0. The third-order valence-electron chi connectivity index (χ3n) is 3.33. The molecule has 2 aromatic rings. The topological polar surface area (TPSA) is 35.5 Å². The van der Waals surface area contributed by atoms with E-state index < -0.39 is 42.7 Å². The Hall–Kier alpha value is -2.68. The molecule has 0 atom stereocenters. The Kier molecular flexibility index (Phi) is 7.18. The van der Waals surface area contributed by atoms with Crippen LogP contribution in [0.15, 0.2) is 48.5 Å². The molecule has 0 saturated heterocycles. The van der Waals surface area contributed by atoms with Crippen LogP contribution in [0, 0.1) is 0 Å². The number of alkyl halides is 6. The lowest BCUT2D eigenvalue weighted by Crippen LogP contribution is -2.21. The summed E-state index contributed by atoms with van der Waals surface area (Å²) in [5, 5.41) is 0.326. The van der Waals surface area contributed by atoms with Crippen LogP contribution in [0.3, 0.4) is 0 Å². The fourth-order valence-corrected chi connectivity index (χ4v) is 2.31. The molecule has 0 N–H and O–H groups in total. The van der Waals surface area contributed by atoms with Crippen molar-refractivity contribution >= 4 is 23.5 Å². The van der Waals surface area contributed by atoms with E-state index in [1.54, 1.807) is 24.3 Å². The standard InChI is InChI=1S/C19H13ClF6O3/c20-15-4-2-1-3-12(15)5-7-16(27)14-9-13(28-10-18(21,22)23)6-8-17(14)29-11-19(24,25)26/h1-9H,10-11H2/b7-5+. The van der Waals surface area contributed by atoms with Crippen LogP contribution < -0.4 is 9.47 Å². The van der Waals surface area contributed by atoms with Crippen LogP contribution in [0.5, 0.6) is 11.5 Å². The zero-order valence-corrected chi connectivity index (χ0v) is 15.2. The number of ether oxygens (including phenoxy) is 2. The van der Waals surface area contributed by atoms with Crippen molar-refractivity contribution in [3.05, 3.63) is 64.7 Å². The molecule has 2 aromatic carbocycles. The van der Waals surface area contributed by atoms with Crippen molar-refractivity contribution in [2.75, 3.05) is 13.2 Å². The van der Waals surface area contributed by atoms with Gasteiger partial charge in [0.25, 0.3) is 0 Å². The Labute approximate surface area is 166 Å². The molecule has 156 valence electrons. The largest absolute Gasteiger partial charge is 0.484 e. The van der Waals surface area contributed by atoms with Crippen LogP contribution in [-0.4, -0.2) is 31.3 Å². The average molecular weight is 439 g/mol. The van der Waals surface area contributed by atoms with Gasteiger partial charge in [0.15, 0.2) is 19.0 Å². The molecule has 0 aromatic heterocycles. The molecule has 10 heteroatoms. The first-order chi connectivity index (χ1) is 13.4. The molecule has 29 heavy (non-hydrogen) atoms. The number of carbonyl (C=O) groups excluding carboxylic acids is 1. The minimum atomic E-state index is -4.67. The Morgan fingerprint density at radius 2 is 1.55 bits per heavy atom. The maximum absolute atomic E-state index is 12.5. The quantitative estimate of drug-likeness (QED) is 0.297. The van der Waals surface area contributed by atoms with Crippen LogP contribution in [-0.2, 0) is 0 Å². The zero-order valence-electron chi connectivity index (χ0n) is 14.5. The maximum Gasteiger partial charge on any atom is 0.422 e. The second-order valence-electron chi connectivity index (χ2n) is 5.68. The maximum atomic E-state index is 12.5. The Bertz CT molecular complexity index is 890. The van der Waals surface area contributed by atoms with E-state index in [9.17, 15) is 31.1 Å². The van der Waals surface area contributed by atoms with Gasteiger partial charge in [-0.05, 0) is 42.0 Å². The zero-order chi connectivity index (χ0) is 21.7. The summed E-state index contributed by atoms with van der Waals surface area (Å²) >= 11 is 5.96. The minimum absolute atomic E-state index is 0.326. The molecule has 3 nitrogen and oxygen atoms in total. The third-order valence-corrected chi connectivity index (χ3v) is 3.67. The van der Waals surface area contributed by atoms with Crippen molar-refractivity contribution < 1.29 is 40.6 Å². The summed E-state index contributed by atoms with van der Waals surface area (Å²) in [5.41, 5.74) is 0.0713. The van der Waals surface area contributed by atoms with E-state index in [1.807, 2.05) is 0 Å². The van der Waals surface area contributed by atoms with E-state index in [0.29, 0.717) is 10.6 Å². The Morgan fingerprint density at radius 1 is 0.931 bits per heavy atom. The average Bonchev–Trinajstić information content (AvgIpc) is 2.63. The van der Waals surface area contributed by atoms with Crippen LogP contribution in [0.25, 0.3) is 6.08 Å².